The second kappa shape index (κ2) is 4.06. The number of H-pyrrole nitrogens is 1. The third-order valence-corrected chi connectivity index (χ3v) is 3.49. The molecule has 1 aromatic heterocycles. The van der Waals surface area contributed by atoms with Gasteiger partial charge in [0, 0.05) is 16.6 Å². The van der Waals surface area contributed by atoms with E-state index in [9.17, 15) is 4.79 Å². The number of aromatic amines is 1. The summed E-state index contributed by atoms with van der Waals surface area (Å²) in [4.78, 5) is 12.1. The van der Waals surface area contributed by atoms with E-state index in [1.165, 1.54) is 0 Å². The highest BCUT2D eigenvalue weighted by Gasteiger charge is 2.23. The lowest BCUT2D eigenvalue weighted by Gasteiger charge is -1.96. The number of hydrogen-bond acceptors (Lipinski definition) is 2. The number of fused-ring (bicyclic) bond motifs is 2. The zero-order valence-electron chi connectivity index (χ0n) is 10.6. The van der Waals surface area contributed by atoms with Crippen molar-refractivity contribution in [2.75, 3.05) is 5.32 Å². The smallest absolute Gasteiger partial charge is 0.256 e. The first-order chi connectivity index (χ1) is 9.83. The van der Waals surface area contributed by atoms with E-state index < -0.39 is 0 Å². The Bertz CT molecular complexity index is 861. The van der Waals surface area contributed by atoms with E-state index in [2.05, 4.69) is 15.5 Å². The van der Waals surface area contributed by atoms with Crippen molar-refractivity contribution in [2.24, 2.45) is 0 Å². The predicted molar refractivity (Wildman–Crippen MR) is 79.0 cm³/mol. The van der Waals surface area contributed by atoms with Crippen LogP contribution in [-0.4, -0.2) is 16.1 Å². The first-order valence-corrected chi connectivity index (χ1v) is 6.38. The van der Waals surface area contributed by atoms with Gasteiger partial charge in [0.25, 0.3) is 5.91 Å². The Labute approximate surface area is 115 Å². The Morgan fingerprint density at radius 1 is 1.00 bits per heavy atom. The van der Waals surface area contributed by atoms with Crippen LogP contribution in [-0.2, 0) is 4.79 Å². The van der Waals surface area contributed by atoms with Crippen LogP contribution in [0.2, 0.25) is 0 Å². The highest BCUT2D eigenvalue weighted by molar-refractivity contribution is 6.35. The average molecular weight is 261 g/mol. The number of nitrogens with one attached hydrogen (secondary N) is 2. The topological polar surface area (TPSA) is 57.8 Å². The van der Waals surface area contributed by atoms with Crippen LogP contribution in [0.3, 0.4) is 0 Å². The number of benzene rings is 2. The minimum atomic E-state index is -0.0849. The summed E-state index contributed by atoms with van der Waals surface area (Å²) in [5.41, 5.74) is 4.17. The van der Waals surface area contributed by atoms with Crippen LogP contribution in [0, 0.1) is 0 Å². The highest BCUT2D eigenvalue weighted by Crippen LogP contribution is 2.33. The molecule has 0 atom stereocenters. The molecule has 1 aliphatic heterocycles. The first kappa shape index (κ1) is 11.0. The summed E-state index contributed by atoms with van der Waals surface area (Å²) in [5.74, 6) is -0.0849. The van der Waals surface area contributed by atoms with Gasteiger partial charge in [-0.3, -0.25) is 9.89 Å². The molecule has 2 N–H and O–H groups in total. The molecule has 2 aromatic carbocycles. The summed E-state index contributed by atoms with van der Waals surface area (Å²) in [6.07, 6.45) is 1.83. The number of carbonyl (C=O) groups is 1. The van der Waals surface area contributed by atoms with Gasteiger partial charge in [-0.25, -0.2) is 0 Å². The standard InChI is InChI=1S/C16H11N3O/c20-16-12(10-5-1-3-7-13(10)17-16)9-15-11-6-2-4-8-14(11)18-19-15/h1-9H,(H,17,20)(H,18,19). The molecule has 4 nitrogen and oxygen atoms in total. The third kappa shape index (κ3) is 1.55. The number of nitrogens with zero attached hydrogens (tertiary/aromatic N) is 1. The van der Waals surface area contributed by atoms with Crippen LogP contribution >= 0.6 is 0 Å². The molecular weight excluding hydrogens is 250 g/mol. The monoisotopic (exact) mass is 261 g/mol. The van der Waals surface area contributed by atoms with Crippen molar-refractivity contribution in [1.29, 1.82) is 0 Å². The number of rotatable bonds is 1. The largest absolute Gasteiger partial charge is 0.321 e. The van der Waals surface area contributed by atoms with Gasteiger partial charge < -0.3 is 5.32 Å². The molecule has 96 valence electrons. The van der Waals surface area contributed by atoms with Gasteiger partial charge >= 0.3 is 0 Å². The molecular formula is C16H11N3O. The van der Waals surface area contributed by atoms with Crippen LogP contribution in [0.4, 0.5) is 5.69 Å². The van der Waals surface area contributed by atoms with Crippen LogP contribution in [0.15, 0.2) is 48.5 Å². The molecule has 0 unspecified atom stereocenters. The fourth-order valence-electron chi connectivity index (χ4n) is 2.51. The maximum absolute atomic E-state index is 12.1. The van der Waals surface area contributed by atoms with E-state index in [0.717, 1.165) is 27.8 Å². The third-order valence-electron chi connectivity index (χ3n) is 3.49. The van der Waals surface area contributed by atoms with Crippen LogP contribution < -0.4 is 5.32 Å². The maximum atomic E-state index is 12.1. The SMILES string of the molecule is O=C1Nc2ccccc2C1=Cc1n[nH]c2ccccc12. The van der Waals surface area contributed by atoms with Crippen molar-refractivity contribution < 1.29 is 4.79 Å². The summed E-state index contributed by atoms with van der Waals surface area (Å²) in [5, 5.41) is 11.1. The van der Waals surface area contributed by atoms with Crippen LogP contribution in [0.5, 0.6) is 0 Å². The molecule has 4 rings (SSSR count). The van der Waals surface area contributed by atoms with E-state index in [1.807, 2.05) is 54.6 Å². The summed E-state index contributed by atoms with van der Waals surface area (Å²) < 4.78 is 0. The van der Waals surface area contributed by atoms with Crippen LogP contribution in [0.25, 0.3) is 22.6 Å². The van der Waals surface area contributed by atoms with Gasteiger partial charge in [-0.15, -0.1) is 0 Å². The van der Waals surface area contributed by atoms with E-state index in [4.69, 9.17) is 0 Å². The molecule has 0 spiro atoms. The normalized spacial score (nSPS) is 15.6. The van der Waals surface area contributed by atoms with Gasteiger partial charge in [0.15, 0.2) is 0 Å². The number of anilines is 1. The lowest BCUT2D eigenvalue weighted by Crippen LogP contribution is -2.03. The molecule has 1 aliphatic rings. The Morgan fingerprint density at radius 3 is 2.75 bits per heavy atom. The zero-order chi connectivity index (χ0) is 13.5. The quantitative estimate of drug-likeness (QED) is 0.661. The van der Waals surface area contributed by atoms with E-state index in [-0.39, 0.29) is 5.91 Å². The highest BCUT2D eigenvalue weighted by atomic mass is 16.2. The van der Waals surface area contributed by atoms with Gasteiger partial charge in [0.2, 0.25) is 0 Å². The average Bonchev–Trinajstić information content (AvgIpc) is 3.02. The van der Waals surface area contributed by atoms with Gasteiger partial charge in [-0.05, 0) is 18.2 Å². The molecule has 0 saturated heterocycles. The first-order valence-electron chi connectivity index (χ1n) is 6.38. The molecule has 0 bridgehead atoms. The number of hydrogen-bond donors (Lipinski definition) is 2. The van der Waals surface area contributed by atoms with Gasteiger partial charge in [0.1, 0.15) is 0 Å². The molecule has 2 heterocycles. The molecule has 20 heavy (non-hydrogen) atoms. The fourth-order valence-corrected chi connectivity index (χ4v) is 2.51. The van der Waals surface area contributed by atoms with Gasteiger partial charge in [-0.2, -0.15) is 5.10 Å². The molecule has 0 fully saturated rings. The fraction of sp³-hybridized carbons (Fsp3) is 0. The maximum Gasteiger partial charge on any atom is 0.256 e. The Hall–Kier alpha value is -2.88. The van der Waals surface area contributed by atoms with Crippen molar-refractivity contribution in [3.63, 3.8) is 0 Å². The predicted octanol–water partition coefficient (Wildman–Crippen LogP) is 3.06. The Kier molecular flexibility index (Phi) is 2.23. The van der Waals surface area contributed by atoms with Crippen molar-refractivity contribution >= 4 is 34.1 Å². The van der Waals surface area contributed by atoms with Crippen molar-refractivity contribution in [3.05, 3.63) is 59.8 Å². The van der Waals surface area contributed by atoms with E-state index in [1.54, 1.807) is 0 Å². The lowest BCUT2D eigenvalue weighted by molar-refractivity contribution is -0.110. The molecule has 0 aliphatic carbocycles. The van der Waals surface area contributed by atoms with Crippen molar-refractivity contribution in [2.45, 2.75) is 0 Å². The summed E-state index contributed by atoms with van der Waals surface area (Å²) in [6.45, 7) is 0. The number of carbonyl (C=O) groups excluding carboxylic acids is 1. The molecule has 1 amide bonds. The summed E-state index contributed by atoms with van der Waals surface area (Å²) in [6, 6.07) is 15.5. The van der Waals surface area contributed by atoms with Crippen molar-refractivity contribution in [3.8, 4) is 0 Å². The second-order valence-electron chi connectivity index (χ2n) is 4.71. The second-order valence-corrected chi connectivity index (χ2v) is 4.71. The van der Waals surface area contributed by atoms with Gasteiger partial charge in [0.05, 0.1) is 16.8 Å². The summed E-state index contributed by atoms with van der Waals surface area (Å²) in [7, 11) is 0. The van der Waals surface area contributed by atoms with E-state index >= 15 is 0 Å². The minimum absolute atomic E-state index is 0.0849. The number of amides is 1. The minimum Gasteiger partial charge on any atom is -0.321 e. The number of aromatic nitrogens is 2. The zero-order valence-corrected chi connectivity index (χ0v) is 10.6. The van der Waals surface area contributed by atoms with E-state index in [0.29, 0.717) is 5.57 Å². The molecule has 3 aromatic rings. The van der Waals surface area contributed by atoms with Crippen LogP contribution in [0.1, 0.15) is 11.3 Å². The molecule has 4 heteroatoms. The Balaban J connectivity index is 1.90. The lowest BCUT2D eigenvalue weighted by atomic mass is 10.1. The Morgan fingerprint density at radius 2 is 1.80 bits per heavy atom. The molecule has 0 saturated carbocycles. The van der Waals surface area contributed by atoms with Gasteiger partial charge in [-0.1, -0.05) is 36.4 Å². The van der Waals surface area contributed by atoms with Crippen molar-refractivity contribution in [1.82, 2.24) is 10.2 Å². The summed E-state index contributed by atoms with van der Waals surface area (Å²) >= 11 is 0. The molecule has 0 radical (unpaired) electrons. The number of para-hydroxylation sites is 2.